The number of carbonyl (C=O) groups is 2. The molecule has 1 saturated heterocycles. The summed E-state index contributed by atoms with van der Waals surface area (Å²) in [5, 5.41) is 2.86. The number of aryl methyl sites for hydroxylation is 1. The summed E-state index contributed by atoms with van der Waals surface area (Å²) in [5.74, 6) is 0.765. The largest absolute Gasteiger partial charge is 0.497 e. The van der Waals surface area contributed by atoms with Gasteiger partial charge in [-0.2, -0.15) is 0 Å². The molecule has 1 atom stereocenters. The number of amides is 2. The zero-order chi connectivity index (χ0) is 19.2. The molecular formula is C22H26N2O3. The highest BCUT2D eigenvalue weighted by Gasteiger charge is 2.29. The summed E-state index contributed by atoms with van der Waals surface area (Å²) in [6.07, 6.45) is 2.27. The fourth-order valence-corrected chi connectivity index (χ4v) is 3.59. The fraction of sp³-hybridized carbons (Fsp3) is 0.364. The van der Waals surface area contributed by atoms with E-state index in [1.165, 1.54) is 0 Å². The van der Waals surface area contributed by atoms with Gasteiger partial charge in [0.1, 0.15) is 5.75 Å². The summed E-state index contributed by atoms with van der Waals surface area (Å²) < 4.78 is 5.21. The van der Waals surface area contributed by atoms with Gasteiger partial charge in [0.15, 0.2) is 0 Å². The molecular weight excluding hydrogens is 340 g/mol. The Morgan fingerprint density at radius 1 is 1.15 bits per heavy atom. The van der Waals surface area contributed by atoms with Gasteiger partial charge < -0.3 is 15.0 Å². The van der Waals surface area contributed by atoms with Crippen LogP contribution < -0.4 is 10.1 Å². The lowest BCUT2D eigenvalue weighted by atomic mass is 10.0. The molecule has 142 valence electrons. The first-order valence-electron chi connectivity index (χ1n) is 9.37. The molecule has 0 saturated carbocycles. The van der Waals surface area contributed by atoms with Crippen molar-refractivity contribution in [3.63, 3.8) is 0 Å². The summed E-state index contributed by atoms with van der Waals surface area (Å²) >= 11 is 0. The van der Waals surface area contributed by atoms with Crippen LogP contribution in [0.25, 0.3) is 0 Å². The lowest BCUT2D eigenvalue weighted by Crippen LogP contribution is -2.34. The summed E-state index contributed by atoms with van der Waals surface area (Å²) in [6.45, 7) is 3.02. The van der Waals surface area contributed by atoms with Crippen LogP contribution in [0.3, 0.4) is 0 Å². The molecule has 0 unspecified atom stereocenters. The molecule has 27 heavy (non-hydrogen) atoms. The zero-order valence-corrected chi connectivity index (χ0v) is 15.9. The van der Waals surface area contributed by atoms with E-state index in [0.717, 1.165) is 36.3 Å². The van der Waals surface area contributed by atoms with Crippen LogP contribution in [0.1, 0.15) is 46.8 Å². The second-order valence-electron chi connectivity index (χ2n) is 6.84. The highest BCUT2D eigenvalue weighted by atomic mass is 16.5. The van der Waals surface area contributed by atoms with Crippen LogP contribution in [0.4, 0.5) is 0 Å². The van der Waals surface area contributed by atoms with Crippen LogP contribution in [0, 0.1) is 6.92 Å². The van der Waals surface area contributed by atoms with Crippen molar-refractivity contribution in [2.75, 3.05) is 20.2 Å². The topological polar surface area (TPSA) is 58.6 Å². The summed E-state index contributed by atoms with van der Waals surface area (Å²) in [5.41, 5.74) is 2.72. The number of nitrogens with one attached hydrogen (secondary N) is 1. The lowest BCUT2D eigenvalue weighted by Gasteiger charge is -2.25. The molecule has 1 heterocycles. The van der Waals surface area contributed by atoms with Gasteiger partial charge in [0.05, 0.1) is 13.2 Å². The van der Waals surface area contributed by atoms with Crippen molar-refractivity contribution >= 4 is 11.8 Å². The summed E-state index contributed by atoms with van der Waals surface area (Å²) in [4.78, 5) is 26.9. The first-order valence-corrected chi connectivity index (χ1v) is 9.37. The van der Waals surface area contributed by atoms with Gasteiger partial charge in [-0.1, -0.05) is 30.3 Å². The summed E-state index contributed by atoms with van der Waals surface area (Å²) in [7, 11) is 1.64. The smallest absolute Gasteiger partial charge is 0.251 e. The zero-order valence-electron chi connectivity index (χ0n) is 15.9. The molecule has 0 spiro atoms. The number of ether oxygens (including phenoxy) is 1. The third-order valence-electron chi connectivity index (χ3n) is 5.09. The van der Waals surface area contributed by atoms with Crippen molar-refractivity contribution in [3.05, 3.63) is 65.2 Å². The minimum Gasteiger partial charge on any atom is -0.497 e. The van der Waals surface area contributed by atoms with Crippen molar-refractivity contribution < 1.29 is 14.3 Å². The fourth-order valence-electron chi connectivity index (χ4n) is 3.59. The van der Waals surface area contributed by atoms with Gasteiger partial charge in [-0.3, -0.25) is 9.59 Å². The van der Waals surface area contributed by atoms with Gasteiger partial charge in [-0.15, -0.1) is 0 Å². The van der Waals surface area contributed by atoms with E-state index in [1.54, 1.807) is 13.2 Å². The van der Waals surface area contributed by atoms with Gasteiger partial charge >= 0.3 is 0 Å². The lowest BCUT2D eigenvalue weighted by molar-refractivity contribution is -0.132. The Hall–Kier alpha value is -2.82. The quantitative estimate of drug-likeness (QED) is 0.851. The van der Waals surface area contributed by atoms with E-state index < -0.39 is 0 Å². The van der Waals surface area contributed by atoms with Crippen LogP contribution in [-0.4, -0.2) is 36.9 Å². The molecule has 1 fully saturated rings. The molecule has 0 aromatic heterocycles. The SMILES string of the molecule is COc1ccc([C@H]2CCCN2C(=O)CCNC(=O)c2ccccc2C)cc1. The normalized spacial score (nSPS) is 16.2. The first-order chi connectivity index (χ1) is 13.1. The Morgan fingerprint density at radius 3 is 2.59 bits per heavy atom. The number of hydrogen-bond donors (Lipinski definition) is 1. The van der Waals surface area contributed by atoms with Crippen molar-refractivity contribution in [3.8, 4) is 5.75 Å². The maximum absolute atomic E-state index is 12.7. The third kappa shape index (κ3) is 4.48. The van der Waals surface area contributed by atoms with Crippen LogP contribution in [0.5, 0.6) is 5.75 Å². The van der Waals surface area contributed by atoms with E-state index in [4.69, 9.17) is 4.74 Å². The van der Waals surface area contributed by atoms with Crippen LogP contribution in [-0.2, 0) is 4.79 Å². The minimum absolute atomic E-state index is 0.0819. The predicted molar refractivity (Wildman–Crippen MR) is 105 cm³/mol. The molecule has 0 bridgehead atoms. The average Bonchev–Trinajstić information content (AvgIpc) is 3.18. The number of carbonyl (C=O) groups excluding carboxylic acids is 2. The number of nitrogens with zero attached hydrogens (tertiary/aromatic N) is 1. The first kappa shape index (κ1) is 19.0. The number of benzene rings is 2. The van der Waals surface area contributed by atoms with E-state index in [2.05, 4.69) is 5.32 Å². The van der Waals surface area contributed by atoms with Crippen LogP contribution >= 0.6 is 0 Å². The number of likely N-dealkylation sites (tertiary alicyclic amines) is 1. The third-order valence-corrected chi connectivity index (χ3v) is 5.09. The molecule has 3 rings (SSSR count). The number of rotatable bonds is 6. The highest BCUT2D eigenvalue weighted by molar-refractivity contribution is 5.95. The second kappa shape index (κ2) is 8.71. The van der Waals surface area contributed by atoms with Gasteiger partial charge in [0.25, 0.3) is 5.91 Å². The molecule has 2 amide bonds. The molecule has 1 aliphatic rings. The van der Waals surface area contributed by atoms with Crippen molar-refractivity contribution in [2.24, 2.45) is 0 Å². The van der Waals surface area contributed by atoms with E-state index in [9.17, 15) is 9.59 Å². The Morgan fingerprint density at radius 2 is 1.89 bits per heavy atom. The maximum Gasteiger partial charge on any atom is 0.251 e. The number of methoxy groups -OCH3 is 1. The molecule has 1 N–H and O–H groups in total. The van der Waals surface area contributed by atoms with E-state index in [0.29, 0.717) is 18.5 Å². The standard InChI is InChI=1S/C22H26N2O3/c1-16-6-3-4-7-19(16)22(26)23-14-13-21(25)24-15-5-8-20(24)17-9-11-18(27-2)12-10-17/h3-4,6-7,9-12,20H,5,8,13-15H2,1-2H3,(H,23,26)/t20-/m1/s1. The Balaban J connectivity index is 1.55. The molecule has 5 heteroatoms. The molecule has 2 aromatic rings. The van der Waals surface area contributed by atoms with Gasteiger partial charge in [0.2, 0.25) is 5.91 Å². The van der Waals surface area contributed by atoms with Gasteiger partial charge in [0, 0.05) is 25.1 Å². The molecule has 0 aliphatic carbocycles. The molecule has 2 aromatic carbocycles. The van der Waals surface area contributed by atoms with E-state index >= 15 is 0 Å². The second-order valence-corrected chi connectivity index (χ2v) is 6.84. The Bertz CT molecular complexity index is 801. The average molecular weight is 366 g/mol. The minimum atomic E-state index is -0.131. The maximum atomic E-state index is 12.7. The van der Waals surface area contributed by atoms with Crippen molar-refractivity contribution in [1.29, 1.82) is 0 Å². The van der Waals surface area contributed by atoms with E-state index in [1.807, 2.05) is 54.3 Å². The highest BCUT2D eigenvalue weighted by Crippen LogP contribution is 2.33. The number of hydrogen-bond acceptors (Lipinski definition) is 3. The van der Waals surface area contributed by atoms with Gasteiger partial charge in [-0.25, -0.2) is 0 Å². The summed E-state index contributed by atoms with van der Waals surface area (Å²) in [6, 6.07) is 15.5. The molecule has 0 radical (unpaired) electrons. The van der Waals surface area contributed by atoms with Crippen molar-refractivity contribution in [1.82, 2.24) is 10.2 Å². The molecule has 5 nitrogen and oxygen atoms in total. The monoisotopic (exact) mass is 366 g/mol. The predicted octanol–water partition coefficient (Wildman–Crippen LogP) is 3.49. The molecule has 1 aliphatic heterocycles. The Labute approximate surface area is 160 Å². The van der Waals surface area contributed by atoms with Gasteiger partial charge in [-0.05, 0) is 49.1 Å². The van der Waals surface area contributed by atoms with Crippen LogP contribution in [0.2, 0.25) is 0 Å². The van der Waals surface area contributed by atoms with E-state index in [-0.39, 0.29) is 17.9 Å². The Kier molecular flexibility index (Phi) is 6.12. The van der Waals surface area contributed by atoms with Crippen LogP contribution in [0.15, 0.2) is 48.5 Å². The van der Waals surface area contributed by atoms with Crippen molar-refractivity contribution in [2.45, 2.75) is 32.2 Å².